The minimum absolute atomic E-state index is 0.150. The third-order valence-electron chi connectivity index (χ3n) is 4.60. The Morgan fingerprint density at radius 1 is 1.10 bits per heavy atom. The van der Waals surface area contributed by atoms with Gasteiger partial charge >= 0.3 is 0 Å². The number of ketones is 1. The molecule has 2 bridgehead atoms. The quantitative estimate of drug-likeness (QED) is 0.789. The maximum Gasteiger partial charge on any atom is 0.185 e. The zero-order chi connectivity index (χ0) is 14.2. The Hall–Kier alpha value is -1.42. The van der Waals surface area contributed by atoms with Crippen molar-refractivity contribution < 1.29 is 4.79 Å². The summed E-state index contributed by atoms with van der Waals surface area (Å²) in [5.74, 6) is 0.350. The molecule has 1 aromatic heterocycles. The lowest BCUT2D eigenvalue weighted by molar-refractivity contribution is 0.0891. The number of hydrogen-bond acceptors (Lipinski definition) is 4. The van der Waals surface area contributed by atoms with Gasteiger partial charge in [-0.25, -0.2) is 4.98 Å². The Balaban J connectivity index is 1.60. The van der Waals surface area contributed by atoms with Gasteiger partial charge in [-0.05, 0) is 37.8 Å². The van der Waals surface area contributed by atoms with Crippen molar-refractivity contribution in [2.45, 2.75) is 42.6 Å². The first kappa shape index (κ1) is 13.3. The molecule has 0 saturated carbocycles. The molecule has 2 saturated heterocycles. The third-order valence-corrected chi connectivity index (χ3v) is 6.23. The van der Waals surface area contributed by atoms with E-state index in [0.29, 0.717) is 16.2 Å². The molecule has 0 aliphatic carbocycles. The minimum atomic E-state index is 0.150. The number of para-hydroxylation sites is 2. The van der Waals surface area contributed by atoms with Gasteiger partial charge in [0, 0.05) is 16.4 Å². The number of carbonyl (C=O) groups is 1. The van der Waals surface area contributed by atoms with Crippen LogP contribution < -0.4 is 0 Å². The van der Waals surface area contributed by atoms with Crippen molar-refractivity contribution in [2.75, 3.05) is 0 Å². The Labute approximate surface area is 128 Å². The summed E-state index contributed by atoms with van der Waals surface area (Å²) in [5.41, 5.74) is 2.21. The Morgan fingerprint density at radius 3 is 2.57 bits per heavy atom. The van der Waals surface area contributed by atoms with Gasteiger partial charge in [-0.2, -0.15) is 11.8 Å². The molecule has 108 valence electrons. The maximum atomic E-state index is 12.8. The average Bonchev–Trinajstić information content (AvgIpc) is 2.53. The summed E-state index contributed by atoms with van der Waals surface area (Å²) in [6, 6.07) is 7.73. The van der Waals surface area contributed by atoms with E-state index in [1.165, 1.54) is 19.3 Å². The molecule has 0 N–H and O–H groups in total. The van der Waals surface area contributed by atoms with Gasteiger partial charge in [0.2, 0.25) is 0 Å². The van der Waals surface area contributed by atoms with Gasteiger partial charge in [0.1, 0.15) is 5.69 Å². The molecule has 2 aromatic rings. The number of fused-ring (bicyclic) bond motifs is 3. The number of Topliss-reactive ketones (excluding diaryl/α,β-unsaturated/α-hetero) is 1. The molecule has 0 radical (unpaired) electrons. The van der Waals surface area contributed by atoms with E-state index in [2.05, 4.69) is 21.7 Å². The molecule has 4 rings (SSSR count). The molecule has 3 nitrogen and oxygen atoms in total. The van der Waals surface area contributed by atoms with Crippen LogP contribution in [0.25, 0.3) is 11.0 Å². The molecule has 1 aromatic carbocycles. The van der Waals surface area contributed by atoms with E-state index in [0.717, 1.165) is 23.9 Å². The summed E-state index contributed by atoms with van der Waals surface area (Å²) in [5, 5.41) is 1.36. The highest BCUT2D eigenvalue weighted by Crippen LogP contribution is 2.44. The van der Waals surface area contributed by atoms with Crippen molar-refractivity contribution in [3.8, 4) is 0 Å². The highest BCUT2D eigenvalue weighted by molar-refractivity contribution is 8.00. The Kier molecular flexibility index (Phi) is 3.42. The summed E-state index contributed by atoms with van der Waals surface area (Å²) in [4.78, 5) is 21.7. The molecule has 2 atom stereocenters. The first-order valence-corrected chi connectivity index (χ1v) is 8.65. The molecule has 3 heterocycles. The van der Waals surface area contributed by atoms with Crippen molar-refractivity contribution in [2.24, 2.45) is 5.92 Å². The lowest BCUT2D eigenvalue weighted by atomic mass is 9.86. The van der Waals surface area contributed by atoms with E-state index in [9.17, 15) is 4.79 Å². The van der Waals surface area contributed by atoms with Gasteiger partial charge in [0.25, 0.3) is 0 Å². The lowest BCUT2D eigenvalue weighted by Gasteiger charge is -2.37. The van der Waals surface area contributed by atoms with Gasteiger partial charge in [-0.1, -0.05) is 18.6 Å². The largest absolute Gasteiger partial charge is 0.292 e. The standard InChI is InChI=1S/C17H18N2OS/c20-17(11-8-12-4-3-5-13(9-11)21-12)16-10-18-14-6-1-2-7-15(14)19-16/h1-2,6-7,10-13H,3-5,8-9H2. The predicted octanol–water partition coefficient (Wildman–Crippen LogP) is 3.88. The van der Waals surface area contributed by atoms with E-state index < -0.39 is 0 Å². The van der Waals surface area contributed by atoms with Crippen molar-refractivity contribution in [3.63, 3.8) is 0 Å². The predicted molar refractivity (Wildman–Crippen MR) is 85.6 cm³/mol. The Morgan fingerprint density at radius 2 is 1.81 bits per heavy atom. The number of aromatic nitrogens is 2. The second kappa shape index (κ2) is 5.41. The van der Waals surface area contributed by atoms with E-state index in [-0.39, 0.29) is 11.7 Å². The summed E-state index contributed by atoms with van der Waals surface area (Å²) in [6.07, 6.45) is 7.58. The molecule has 0 spiro atoms. The topological polar surface area (TPSA) is 42.9 Å². The van der Waals surface area contributed by atoms with Crippen LogP contribution >= 0.6 is 11.8 Å². The van der Waals surface area contributed by atoms with E-state index in [1.54, 1.807) is 6.20 Å². The van der Waals surface area contributed by atoms with Gasteiger partial charge in [-0.15, -0.1) is 0 Å². The van der Waals surface area contributed by atoms with Crippen LogP contribution in [-0.4, -0.2) is 26.3 Å². The summed E-state index contributed by atoms with van der Waals surface area (Å²) >= 11 is 2.10. The fraction of sp³-hybridized carbons (Fsp3) is 0.471. The summed E-state index contributed by atoms with van der Waals surface area (Å²) in [7, 11) is 0. The number of carbonyl (C=O) groups excluding carboxylic acids is 1. The fourth-order valence-electron chi connectivity index (χ4n) is 3.56. The van der Waals surface area contributed by atoms with Crippen LogP contribution in [0.3, 0.4) is 0 Å². The van der Waals surface area contributed by atoms with Crippen molar-refractivity contribution >= 4 is 28.6 Å². The van der Waals surface area contributed by atoms with Crippen LogP contribution in [0.2, 0.25) is 0 Å². The molecular weight excluding hydrogens is 280 g/mol. The highest BCUT2D eigenvalue weighted by Gasteiger charge is 2.36. The number of nitrogens with zero attached hydrogens (tertiary/aromatic N) is 2. The van der Waals surface area contributed by atoms with Gasteiger partial charge in [-0.3, -0.25) is 9.78 Å². The fourth-order valence-corrected chi connectivity index (χ4v) is 5.39. The summed E-state index contributed by atoms with van der Waals surface area (Å²) in [6.45, 7) is 0. The first-order valence-electron chi connectivity index (χ1n) is 7.71. The third kappa shape index (κ3) is 2.57. The first-order chi connectivity index (χ1) is 10.3. The molecule has 2 unspecified atom stereocenters. The molecule has 2 aliphatic heterocycles. The van der Waals surface area contributed by atoms with Crippen molar-refractivity contribution in [1.29, 1.82) is 0 Å². The number of thioether (sulfide) groups is 1. The molecule has 2 fully saturated rings. The van der Waals surface area contributed by atoms with Crippen molar-refractivity contribution in [1.82, 2.24) is 9.97 Å². The van der Waals surface area contributed by atoms with Gasteiger partial charge in [0.15, 0.2) is 5.78 Å². The SMILES string of the molecule is O=C(c1cnc2ccccc2n1)C1CC2CCCC(C1)S2. The minimum Gasteiger partial charge on any atom is -0.292 e. The number of benzene rings is 1. The zero-order valence-corrected chi connectivity index (χ0v) is 12.7. The molecule has 0 amide bonds. The smallest absolute Gasteiger partial charge is 0.185 e. The van der Waals surface area contributed by atoms with E-state index in [4.69, 9.17) is 0 Å². The number of rotatable bonds is 2. The molecule has 21 heavy (non-hydrogen) atoms. The number of hydrogen-bond donors (Lipinski definition) is 0. The van der Waals surface area contributed by atoms with Crippen LogP contribution in [0.4, 0.5) is 0 Å². The van der Waals surface area contributed by atoms with E-state index in [1.807, 2.05) is 24.3 Å². The van der Waals surface area contributed by atoms with Crippen LogP contribution in [0.15, 0.2) is 30.5 Å². The van der Waals surface area contributed by atoms with Crippen molar-refractivity contribution in [3.05, 3.63) is 36.2 Å². The van der Waals surface area contributed by atoms with Crippen LogP contribution in [0, 0.1) is 5.92 Å². The average molecular weight is 298 g/mol. The van der Waals surface area contributed by atoms with Crippen LogP contribution in [-0.2, 0) is 0 Å². The molecular formula is C17H18N2OS. The maximum absolute atomic E-state index is 12.8. The Bertz CT molecular complexity index is 675. The second-order valence-electron chi connectivity index (χ2n) is 6.09. The highest BCUT2D eigenvalue weighted by atomic mass is 32.2. The summed E-state index contributed by atoms with van der Waals surface area (Å²) < 4.78 is 0. The van der Waals surface area contributed by atoms with Crippen LogP contribution in [0.1, 0.15) is 42.6 Å². The second-order valence-corrected chi connectivity index (χ2v) is 7.69. The normalized spacial score (nSPS) is 28.5. The van der Waals surface area contributed by atoms with E-state index >= 15 is 0 Å². The zero-order valence-electron chi connectivity index (χ0n) is 11.9. The monoisotopic (exact) mass is 298 g/mol. The molecule has 4 heteroatoms. The van der Waals surface area contributed by atoms with Gasteiger partial charge < -0.3 is 0 Å². The lowest BCUT2D eigenvalue weighted by Crippen LogP contribution is -2.33. The van der Waals surface area contributed by atoms with Crippen LogP contribution in [0.5, 0.6) is 0 Å². The molecule has 2 aliphatic rings. The van der Waals surface area contributed by atoms with Gasteiger partial charge in [0.05, 0.1) is 17.2 Å².